The second-order valence-electron chi connectivity index (χ2n) is 18.5. The lowest BCUT2D eigenvalue weighted by atomic mass is 10.2. The van der Waals surface area contributed by atoms with Crippen LogP contribution in [0.4, 0.5) is 0 Å². The molecule has 0 unspecified atom stereocenters. The highest BCUT2D eigenvalue weighted by Gasteiger charge is 2.67. The van der Waals surface area contributed by atoms with Crippen molar-refractivity contribution in [2.45, 2.75) is 155 Å². The van der Waals surface area contributed by atoms with Gasteiger partial charge >= 0.3 is 0 Å². The molecule has 0 bridgehead atoms. The molecule has 0 atom stereocenters. The minimum Gasteiger partial charge on any atom is -0.0625 e. The van der Waals surface area contributed by atoms with Gasteiger partial charge in [0.2, 0.25) is 0 Å². The van der Waals surface area contributed by atoms with Gasteiger partial charge in [-0.15, -0.1) is 0 Å². The van der Waals surface area contributed by atoms with E-state index in [1.807, 2.05) is 0 Å². The molecule has 0 heterocycles. The van der Waals surface area contributed by atoms with E-state index < -0.39 is 30.0 Å². The molecule has 0 amide bonds. The van der Waals surface area contributed by atoms with Crippen LogP contribution in [0.5, 0.6) is 0 Å². The first kappa shape index (κ1) is 35.5. The van der Waals surface area contributed by atoms with E-state index in [4.69, 9.17) is 0 Å². The lowest BCUT2D eigenvalue weighted by Gasteiger charge is -2.65. The van der Waals surface area contributed by atoms with E-state index in [0.717, 1.165) is 0 Å². The van der Waals surface area contributed by atoms with Crippen LogP contribution in [0.1, 0.15) is 125 Å². The summed E-state index contributed by atoms with van der Waals surface area (Å²) in [5.74, 6) is 0. The van der Waals surface area contributed by atoms with Gasteiger partial charge in [0.05, 0.1) is 15.2 Å². The van der Waals surface area contributed by atoms with E-state index in [1.165, 1.54) is 0 Å². The van der Waals surface area contributed by atoms with Crippen molar-refractivity contribution in [2.75, 3.05) is 0 Å². The molecule has 0 saturated heterocycles. The minimum absolute atomic E-state index is 0.242. The van der Waals surface area contributed by atoms with Crippen LogP contribution in [-0.2, 0) is 0 Å². The van der Waals surface area contributed by atoms with Gasteiger partial charge in [-0.1, -0.05) is 185 Å². The molecule has 0 spiro atoms. The largest absolute Gasteiger partial charge is 0.0809 e. The van der Waals surface area contributed by atoms with E-state index in [0.29, 0.717) is 0 Å². The molecule has 0 aliphatic carbocycles. The summed E-state index contributed by atoms with van der Waals surface area (Å²) in [6.07, 6.45) is 0. The molecule has 0 fully saturated rings. The first-order valence-electron chi connectivity index (χ1n) is 15.6. The smallest absolute Gasteiger partial charge is 0.0625 e. The summed E-state index contributed by atoms with van der Waals surface area (Å²) in [5.41, 5.74) is 0. The Bertz CT molecular complexity index is 997. The summed E-state index contributed by atoms with van der Waals surface area (Å²) in [5, 5.41) is 4.88. The summed E-state index contributed by atoms with van der Waals surface area (Å²) in [6, 6.07) is 24.2. The van der Waals surface area contributed by atoms with Gasteiger partial charge in [0, 0.05) is 14.8 Å². The molecule has 0 aliphatic heterocycles. The second-order valence-corrected chi connectivity index (χ2v) is 46.6. The SMILES string of the molecule is CC(C)(C)[Si](/[Si](c1ccccc1)=[Si](\c1ccccc1)[Si](C(C)(C)C)(C(C)(C)C)C(C)(C)C)(C(C)(C)C)C(C)(C)C. The van der Waals surface area contributed by atoms with Crippen LogP contribution in [0.15, 0.2) is 60.7 Å². The van der Waals surface area contributed by atoms with Gasteiger partial charge in [0.1, 0.15) is 0 Å². The van der Waals surface area contributed by atoms with E-state index in [2.05, 4.69) is 185 Å². The third kappa shape index (κ3) is 5.65. The predicted molar refractivity (Wildman–Crippen MR) is 193 cm³/mol. The molecule has 0 N–H and O–H groups in total. The van der Waals surface area contributed by atoms with Crippen LogP contribution >= 0.6 is 0 Å². The van der Waals surface area contributed by atoms with E-state index in [-0.39, 0.29) is 30.2 Å². The molecule has 224 valence electrons. The Morgan fingerprint density at radius 2 is 0.500 bits per heavy atom. The van der Waals surface area contributed by atoms with E-state index in [9.17, 15) is 0 Å². The standard InChI is InChI=1S/C36H64Si4/c1-31(2,3)39(32(4,5)6,33(7,8)9)37(29-25-21-19-22-26-29)38(30-27-23-20-24-28-30)40(34(10,11)12,35(13,14)15)36(16,17)18/h19-28H,1-18H3/b38-37+. The highest BCUT2D eigenvalue weighted by molar-refractivity contribution is 7.63. The Morgan fingerprint density at radius 1 is 0.325 bits per heavy atom. The van der Waals surface area contributed by atoms with Crippen LogP contribution in [0.25, 0.3) is 0 Å². The van der Waals surface area contributed by atoms with Gasteiger partial charge in [-0.2, -0.15) is 0 Å². The predicted octanol–water partition coefficient (Wildman–Crippen LogP) is 10.7. The van der Waals surface area contributed by atoms with Gasteiger partial charge in [-0.3, -0.25) is 0 Å². The maximum atomic E-state index is 2.64. The van der Waals surface area contributed by atoms with Crippen molar-refractivity contribution in [3.05, 3.63) is 60.7 Å². The van der Waals surface area contributed by atoms with Gasteiger partial charge in [0.15, 0.2) is 0 Å². The Morgan fingerprint density at radius 3 is 0.650 bits per heavy atom. The first-order valence-corrected chi connectivity index (χ1v) is 25.6. The fraction of sp³-hybridized carbons (Fsp3) is 0.667. The third-order valence-corrected chi connectivity index (χ3v) is 63.7. The van der Waals surface area contributed by atoms with Crippen molar-refractivity contribution in [1.29, 1.82) is 0 Å². The first-order chi connectivity index (χ1) is 17.7. The molecule has 0 radical (unpaired) electrons. The molecule has 0 nitrogen and oxygen atoms in total. The zero-order chi connectivity index (χ0) is 31.4. The van der Waals surface area contributed by atoms with Crippen LogP contribution in [0, 0.1) is 0 Å². The van der Waals surface area contributed by atoms with Crippen LogP contribution in [-0.4, -0.2) is 30.0 Å². The zero-order valence-corrected chi connectivity index (χ0v) is 33.8. The number of hydrogen-bond donors (Lipinski definition) is 0. The van der Waals surface area contributed by atoms with Gasteiger partial charge in [0.25, 0.3) is 0 Å². The minimum atomic E-state index is -2.18. The molecule has 2 aromatic rings. The van der Waals surface area contributed by atoms with Crippen molar-refractivity contribution in [1.82, 2.24) is 0 Å². The lowest BCUT2D eigenvalue weighted by molar-refractivity contribution is 0.553. The maximum absolute atomic E-state index is 2.64. The topological polar surface area (TPSA) is 0 Å². The van der Waals surface area contributed by atoms with Crippen molar-refractivity contribution in [3.8, 4) is 0 Å². The molecule has 4 heteroatoms. The highest BCUT2D eigenvalue weighted by atomic mass is 29.6. The van der Waals surface area contributed by atoms with Crippen molar-refractivity contribution < 1.29 is 0 Å². The number of rotatable bonds is 4. The molecule has 0 aliphatic rings. The molecule has 2 rings (SSSR count). The number of benzene rings is 2. The fourth-order valence-electron chi connectivity index (χ4n) is 11.3. The Hall–Kier alpha value is -0.692. The Labute approximate surface area is 254 Å². The van der Waals surface area contributed by atoms with Crippen molar-refractivity contribution in [2.24, 2.45) is 0 Å². The summed E-state index contributed by atoms with van der Waals surface area (Å²) >= 11 is 0. The summed E-state index contributed by atoms with van der Waals surface area (Å²) in [6.45, 7) is 47.5. The molecular formula is C36H64Si4. The third-order valence-electron chi connectivity index (χ3n) is 9.87. The summed E-state index contributed by atoms with van der Waals surface area (Å²) in [4.78, 5) is 0. The average molecular weight is 609 g/mol. The Balaban J connectivity index is 3.75. The lowest BCUT2D eigenvalue weighted by Crippen LogP contribution is -2.78. The van der Waals surface area contributed by atoms with Crippen molar-refractivity contribution in [3.63, 3.8) is 0 Å². The summed E-state index contributed by atoms with van der Waals surface area (Å²) < 4.78 is 0. The zero-order valence-electron chi connectivity index (χ0n) is 29.8. The van der Waals surface area contributed by atoms with E-state index >= 15 is 0 Å². The average Bonchev–Trinajstić information content (AvgIpc) is 2.71. The summed E-state index contributed by atoms with van der Waals surface area (Å²) in [7, 11) is -6.53. The molecule has 0 aromatic heterocycles. The molecule has 2 aromatic carbocycles. The van der Waals surface area contributed by atoms with Crippen LogP contribution in [0.3, 0.4) is 0 Å². The van der Waals surface area contributed by atoms with E-state index in [1.54, 1.807) is 10.4 Å². The normalized spacial score (nSPS) is 15.7. The van der Waals surface area contributed by atoms with Gasteiger partial charge < -0.3 is 0 Å². The van der Waals surface area contributed by atoms with Gasteiger partial charge in [-0.25, -0.2) is 0 Å². The van der Waals surface area contributed by atoms with Crippen LogP contribution in [0.2, 0.25) is 30.2 Å². The molecule has 40 heavy (non-hydrogen) atoms. The van der Waals surface area contributed by atoms with Crippen molar-refractivity contribution >= 4 is 40.4 Å². The molecular weight excluding hydrogens is 545 g/mol. The molecule has 0 saturated carbocycles. The second kappa shape index (κ2) is 11.1. The quantitative estimate of drug-likeness (QED) is 0.303. The number of hydrogen-bond acceptors (Lipinski definition) is 0. The fourth-order valence-corrected chi connectivity index (χ4v) is 94.4. The van der Waals surface area contributed by atoms with Crippen LogP contribution < -0.4 is 10.4 Å². The van der Waals surface area contributed by atoms with Gasteiger partial charge in [-0.05, 0) is 40.6 Å². The Kier molecular flexibility index (Phi) is 9.85. The highest BCUT2D eigenvalue weighted by Crippen LogP contribution is 2.65. The monoisotopic (exact) mass is 608 g/mol. The maximum Gasteiger partial charge on any atom is 0.0809 e.